The molecule has 0 saturated carbocycles. The molecule has 1 aliphatic heterocycles. The van der Waals surface area contributed by atoms with Gasteiger partial charge in [0.2, 0.25) is 11.8 Å². The fourth-order valence-corrected chi connectivity index (χ4v) is 2.03. The predicted octanol–water partition coefficient (Wildman–Crippen LogP) is 0.0859. The van der Waals surface area contributed by atoms with Crippen molar-refractivity contribution in [2.45, 2.75) is 6.42 Å². The number of ether oxygens (including phenoxy) is 1. The second-order valence-corrected chi connectivity index (χ2v) is 4.65. The molecule has 2 heterocycles. The maximum atomic E-state index is 11.8. The van der Waals surface area contributed by atoms with Crippen molar-refractivity contribution in [2.24, 2.45) is 11.7 Å². The number of amides is 2. The second kappa shape index (κ2) is 4.89. The van der Waals surface area contributed by atoms with Gasteiger partial charge in [0.05, 0.1) is 19.2 Å². The van der Waals surface area contributed by atoms with E-state index in [1.807, 2.05) is 0 Å². The summed E-state index contributed by atoms with van der Waals surface area (Å²) in [5, 5.41) is 0. The molecule has 0 spiro atoms. The quantitative estimate of drug-likeness (QED) is 0.852. The fourth-order valence-electron chi connectivity index (χ4n) is 1.77. The molecule has 0 bridgehead atoms. The molecule has 1 aromatic heterocycles. The highest BCUT2D eigenvalue weighted by Crippen LogP contribution is 2.30. The number of anilines is 1. The van der Waals surface area contributed by atoms with E-state index < -0.39 is 11.8 Å². The minimum atomic E-state index is -0.493. The van der Waals surface area contributed by atoms with Crippen LogP contribution in [0, 0.1) is 5.92 Å². The van der Waals surface area contributed by atoms with Crippen molar-refractivity contribution in [2.75, 3.05) is 18.6 Å². The number of nitrogens with zero attached hydrogens (tertiary/aromatic N) is 3. The first-order valence-corrected chi connectivity index (χ1v) is 5.98. The topological polar surface area (TPSA) is 98.4 Å². The summed E-state index contributed by atoms with van der Waals surface area (Å²) >= 11 is 3.16. The monoisotopic (exact) mass is 314 g/mol. The van der Waals surface area contributed by atoms with E-state index in [0.717, 1.165) is 0 Å². The van der Waals surface area contributed by atoms with Crippen LogP contribution in [-0.2, 0) is 9.59 Å². The van der Waals surface area contributed by atoms with Gasteiger partial charge in [0, 0.05) is 13.0 Å². The Morgan fingerprint density at radius 1 is 1.67 bits per heavy atom. The Morgan fingerprint density at radius 2 is 2.39 bits per heavy atom. The number of aromatic nitrogens is 2. The number of halogens is 1. The molecular formula is C10H11BrN4O3. The molecule has 8 heteroatoms. The third-order valence-corrected chi connectivity index (χ3v) is 3.05. The van der Waals surface area contributed by atoms with E-state index in [-0.39, 0.29) is 24.8 Å². The summed E-state index contributed by atoms with van der Waals surface area (Å²) in [6.07, 6.45) is 1.55. The van der Waals surface area contributed by atoms with Gasteiger partial charge in [0.15, 0.2) is 5.82 Å². The lowest BCUT2D eigenvalue weighted by Crippen LogP contribution is -2.29. The lowest BCUT2D eigenvalue weighted by molar-refractivity contribution is -0.123. The Bertz CT molecular complexity index is 508. The van der Waals surface area contributed by atoms with Crippen molar-refractivity contribution in [1.29, 1.82) is 0 Å². The zero-order valence-electron chi connectivity index (χ0n) is 9.59. The number of methoxy groups -OCH3 is 1. The molecule has 96 valence electrons. The predicted molar refractivity (Wildman–Crippen MR) is 65.9 cm³/mol. The molecular weight excluding hydrogens is 304 g/mol. The Balaban J connectivity index is 2.32. The van der Waals surface area contributed by atoms with Gasteiger partial charge in [-0.2, -0.15) is 0 Å². The van der Waals surface area contributed by atoms with Gasteiger partial charge in [0.1, 0.15) is 4.60 Å². The van der Waals surface area contributed by atoms with Crippen molar-refractivity contribution >= 4 is 33.6 Å². The SMILES string of the molecule is COc1nc(Br)cnc1N1CC(C(N)=O)CC1=O. The average Bonchev–Trinajstić information content (AvgIpc) is 2.71. The molecule has 2 amide bonds. The molecule has 1 aliphatic rings. The van der Waals surface area contributed by atoms with Crippen molar-refractivity contribution < 1.29 is 14.3 Å². The maximum absolute atomic E-state index is 11.8. The van der Waals surface area contributed by atoms with Gasteiger partial charge in [-0.3, -0.25) is 14.5 Å². The van der Waals surface area contributed by atoms with Crippen molar-refractivity contribution in [3.63, 3.8) is 0 Å². The summed E-state index contributed by atoms with van der Waals surface area (Å²) in [5.74, 6) is -0.673. The molecule has 2 N–H and O–H groups in total. The summed E-state index contributed by atoms with van der Waals surface area (Å²) in [5.41, 5.74) is 5.20. The number of hydrogen-bond acceptors (Lipinski definition) is 5. The van der Waals surface area contributed by atoms with E-state index in [1.54, 1.807) is 0 Å². The molecule has 0 aromatic carbocycles. The van der Waals surface area contributed by atoms with Crippen LogP contribution in [0.4, 0.5) is 5.82 Å². The Morgan fingerprint density at radius 3 is 2.94 bits per heavy atom. The number of carbonyl (C=O) groups excluding carboxylic acids is 2. The van der Waals surface area contributed by atoms with Crippen LogP contribution >= 0.6 is 15.9 Å². The van der Waals surface area contributed by atoms with Crippen LogP contribution in [0.2, 0.25) is 0 Å². The van der Waals surface area contributed by atoms with Gasteiger partial charge in [-0.1, -0.05) is 0 Å². The van der Waals surface area contributed by atoms with E-state index in [0.29, 0.717) is 10.4 Å². The van der Waals surface area contributed by atoms with Crippen molar-refractivity contribution in [1.82, 2.24) is 9.97 Å². The van der Waals surface area contributed by atoms with Gasteiger partial charge >= 0.3 is 0 Å². The molecule has 1 aromatic rings. The highest BCUT2D eigenvalue weighted by atomic mass is 79.9. The van der Waals surface area contributed by atoms with E-state index in [4.69, 9.17) is 10.5 Å². The van der Waals surface area contributed by atoms with Crippen LogP contribution in [0.15, 0.2) is 10.8 Å². The summed E-state index contributed by atoms with van der Waals surface area (Å²) in [4.78, 5) is 32.5. The normalized spacial score (nSPS) is 19.1. The summed E-state index contributed by atoms with van der Waals surface area (Å²) < 4.78 is 5.57. The summed E-state index contributed by atoms with van der Waals surface area (Å²) in [6, 6.07) is 0. The number of hydrogen-bond donors (Lipinski definition) is 1. The van der Waals surface area contributed by atoms with Crippen molar-refractivity contribution in [3.05, 3.63) is 10.8 Å². The molecule has 1 fully saturated rings. The van der Waals surface area contributed by atoms with Crippen LogP contribution in [0.5, 0.6) is 5.88 Å². The van der Waals surface area contributed by atoms with Gasteiger partial charge in [0.25, 0.3) is 5.88 Å². The first kappa shape index (κ1) is 12.7. The molecule has 1 atom stereocenters. The zero-order valence-corrected chi connectivity index (χ0v) is 11.2. The molecule has 0 radical (unpaired) electrons. The number of carbonyl (C=O) groups is 2. The average molecular weight is 315 g/mol. The van der Waals surface area contributed by atoms with Gasteiger partial charge in [-0.05, 0) is 15.9 Å². The number of rotatable bonds is 3. The first-order chi connectivity index (χ1) is 8.52. The molecule has 18 heavy (non-hydrogen) atoms. The first-order valence-electron chi connectivity index (χ1n) is 5.19. The molecule has 2 rings (SSSR count). The smallest absolute Gasteiger partial charge is 0.258 e. The third-order valence-electron chi connectivity index (χ3n) is 2.67. The molecule has 7 nitrogen and oxygen atoms in total. The van der Waals surface area contributed by atoms with Gasteiger partial charge in [-0.15, -0.1) is 0 Å². The highest BCUT2D eigenvalue weighted by molar-refractivity contribution is 9.10. The fraction of sp³-hybridized carbons (Fsp3) is 0.400. The van der Waals surface area contributed by atoms with Crippen LogP contribution in [-0.4, -0.2) is 35.4 Å². The molecule has 1 saturated heterocycles. The molecule has 0 aliphatic carbocycles. The van der Waals surface area contributed by atoms with E-state index in [1.165, 1.54) is 18.2 Å². The van der Waals surface area contributed by atoms with E-state index >= 15 is 0 Å². The summed E-state index contributed by atoms with van der Waals surface area (Å²) in [7, 11) is 1.44. The van der Waals surface area contributed by atoms with E-state index in [2.05, 4.69) is 25.9 Å². The third kappa shape index (κ3) is 2.28. The lowest BCUT2D eigenvalue weighted by atomic mass is 10.1. The summed E-state index contributed by atoms with van der Waals surface area (Å²) in [6.45, 7) is 0.209. The van der Waals surface area contributed by atoms with Gasteiger partial charge in [-0.25, -0.2) is 9.97 Å². The minimum Gasteiger partial charge on any atom is -0.478 e. The minimum absolute atomic E-state index is 0.0935. The Hall–Kier alpha value is -1.70. The lowest BCUT2D eigenvalue weighted by Gasteiger charge is -2.16. The maximum Gasteiger partial charge on any atom is 0.258 e. The van der Waals surface area contributed by atoms with Crippen LogP contribution in [0.25, 0.3) is 0 Å². The highest BCUT2D eigenvalue weighted by Gasteiger charge is 2.36. The van der Waals surface area contributed by atoms with Crippen LogP contribution in [0.3, 0.4) is 0 Å². The van der Waals surface area contributed by atoms with E-state index in [9.17, 15) is 9.59 Å². The Kier molecular flexibility index (Phi) is 3.46. The largest absolute Gasteiger partial charge is 0.478 e. The second-order valence-electron chi connectivity index (χ2n) is 3.83. The Labute approximate surface area is 111 Å². The van der Waals surface area contributed by atoms with Crippen LogP contribution < -0.4 is 15.4 Å². The van der Waals surface area contributed by atoms with Gasteiger partial charge < -0.3 is 10.5 Å². The number of primary amides is 1. The number of nitrogens with two attached hydrogens (primary N) is 1. The van der Waals surface area contributed by atoms with Crippen molar-refractivity contribution in [3.8, 4) is 5.88 Å². The molecule has 1 unspecified atom stereocenters. The standard InChI is InChI=1S/C10H11BrN4O3/c1-18-10-9(13-3-6(11)14-10)15-4-5(8(12)17)2-7(15)16/h3,5H,2,4H2,1H3,(H2,12,17). The zero-order chi connectivity index (χ0) is 13.3. The van der Waals surface area contributed by atoms with Crippen LogP contribution in [0.1, 0.15) is 6.42 Å².